The molecule has 0 saturated heterocycles. The van der Waals surface area contributed by atoms with Crippen LogP contribution in [-0.4, -0.2) is 19.0 Å². The number of halogens is 1. The molecule has 4 nitrogen and oxygen atoms in total. The summed E-state index contributed by atoms with van der Waals surface area (Å²) in [6, 6.07) is 13.3. The van der Waals surface area contributed by atoms with Crippen molar-refractivity contribution < 1.29 is 14.3 Å². The minimum absolute atomic E-state index is 0.208. The summed E-state index contributed by atoms with van der Waals surface area (Å²) in [6.07, 6.45) is 0. The standard InChI is InChI=1S/C15H12ClNO3/c1-20-15(19)11-7-3-2-6-10(11)14(18)17-13-9-5-4-8-12(13)16/h2-9H,1H3,(H,17,18). The Bertz CT molecular complexity index is 655. The van der Waals surface area contributed by atoms with Gasteiger partial charge in [-0.1, -0.05) is 35.9 Å². The maximum Gasteiger partial charge on any atom is 0.338 e. The highest BCUT2D eigenvalue weighted by atomic mass is 35.5. The van der Waals surface area contributed by atoms with E-state index in [-0.39, 0.29) is 11.1 Å². The molecule has 102 valence electrons. The van der Waals surface area contributed by atoms with E-state index in [0.29, 0.717) is 10.7 Å². The third-order valence-corrected chi connectivity index (χ3v) is 3.03. The lowest BCUT2D eigenvalue weighted by atomic mass is 10.1. The van der Waals surface area contributed by atoms with Crippen LogP contribution in [0.1, 0.15) is 20.7 Å². The van der Waals surface area contributed by atoms with E-state index in [2.05, 4.69) is 10.1 Å². The molecule has 5 heteroatoms. The molecular formula is C15H12ClNO3. The minimum atomic E-state index is -0.560. The van der Waals surface area contributed by atoms with Crippen LogP contribution in [-0.2, 0) is 4.74 Å². The monoisotopic (exact) mass is 289 g/mol. The molecule has 1 N–H and O–H groups in total. The number of amides is 1. The number of rotatable bonds is 3. The normalized spacial score (nSPS) is 9.90. The number of ether oxygens (including phenoxy) is 1. The molecule has 0 aliphatic heterocycles. The second-order valence-electron chi connectivity index (χ2n) is 3.97. The van der Waals surface area contributed by atoms with E-state index < -0.39 is 11.9 Å². The number of para-hydroxylation sites is 1. The molecule has 2 aromatic rings. The summed E-state index contributed by atoms with van der Waals surface area (Å²) in [6.45, 7) is 0. The maximum absolute atomic E-state index is 12.2. The number of nitrogens with one attached hydrogen (secondary N) is 1. The molecule has 0 aliphatic carbocycles. The van der Waals surface area contributed by atoms with E-state index in [1.165, 1.54) is 13.2 Å². The van der Waals surface area contributed by atoms with Crippen molar-refractivity contribution in [1.29, 1.82) is 0 Å². The average molecular weight is 290 g/mol. The van der Waals surface area contributed by atoms with Gasteiger partial charge in [0.1, 0.15) is 0 Å². The Hall–Kier alpha value is -2.33. The number of benzene rings is 2. The van der Waals surface area contributed by atoms with Crippen LogP contribution in [0.4, 0.5) is 5.69 Å². The van der Waals surface area contributed by atoms with Gasteiger partial charge < -0.3 is 10.1 Å². The van der Waals surface area contributed by atoms with Crippen LogP contribution in [0.2, 0.25) is 5.02 Å². The van der Waals surface area contributed by atoms with Crippen molar-refractivity contribution >= 4 is 29.2 Å². The zero-order chi connectivity index (χ0) is 14.5. The smallest absolute Gasteiger partial charge is 0.338 e. The van der Waals surface area contributed by atoms with Gasteiger partial charge in [-0.15, -0.1) is 0 Å². The van der Waals surface area contributed by atoms with E-state index in [1.54, 1.807) is 42.5 Å². The zero-order valence-electron chi connectivity index (χ0n) is 10.7. The minimum Gasteiger partial charge on any atom is -0.465 e. The van der Waals surface area contributed by atoms with E-state index >= 15 is 0 Å². The molecule has 0 fully saturated rings. The number of anilines is 1. The van der Waals surface area contributed by atoms with Crippen molar-refractivity contribution in [2.75, 3.05) is 12.4 Å². The summed E-state index contributed by atoms with van der Waals surface area (Å²) in [5.41, 5.74) is 0.928. The Morgan fingerprint density at radius 2 is 1.60 bits per heavy atom. The van der Waals surface area contributed by atoms with Crippen LogP contribution in [0.15, 0.2) is 48.5 Å². The van der Waals surface area contributed by atoms with Crippen molar-refractivity contribution in [2.45, 2.75) is 0 Å². The number of hydrogen-bond donors (Lipinski definition) is 1. The maximum atomic E-state index is 12.2. The Kier molecular flexibility index (Phi) is 4.38. The van der Waals surface area contributed by atoms with E-state index in [0.717, 1.165) is 0 Å². The Morgan fingerprint density at radius 1 is 1.00 bits per heavy atom. The molecule has 0 aliphatic rings. The predicted molar refractivity (Wildman–Crippen MR) is 77.2 cm³/mol. The van der Waals surface area contributed by atoms with Crippen LogP contribution >= 0.6 is 11.6 Å². The molecule has 1 amide bonds. The summed E-state index contributed by atoms with van der Waals surface area (Å²) < 4.78 is 4.66. The zero-order valence-corrected chi connectivity index (χ0v) is 11.5. The lowest BCUT2D eigenvalue weighted by molar-refractivity contribution is 0.0597. The topological polar surface area (TPSA) is 55.4 Å². The molecule has 0 unspecified atom stereocenters. The number of hydrogen-bond acceptors (Lipinski definition) is 3. The molecule has 2 aromatic carbocycles. The molecule has 0 saturated carbocycles. The van der Waals surface area contributed by atoms with Gasteiger partial charge in [-0.2, -0.15) is 0 Å². The fraction of sp³-hybridized carbons (Fsp3) is 0.0667. The summed E-state index contributed by atoms with van der Waals surface area (Å²) in [5.74, 6) is -0.978. The first kappa shape index (κ1) is 14.1. The fourth-order valence-electron chi connectivity index (χ4n) is 1.72. The van der Waals surface area contributed by atoms with Gasteiger partial charge in [0.05, 0.1) is 28.9 Å². The van der Waals surface area contributed by atoms with Crippen LogP contribution in [0.3, 0.4) is 0 Å². The lowest BCUT2D eigenvalue weighted by Crippen LogP contribution is -2.17. The van der Waals surface area contributed by atoms with Crippen LogP contribution < -0.4 is 5.32 Å². The van der Waals surface area contributed by atoms with Gasteiger partial charge in [0.2, 0.25) is 0 Å². The van der Waals surface area contributed by atoms with Gasteiger partial charge in [-0.25, -0.2) is 4.79 Å². The van der Waals surface area contributed by atoms with Gasteiger partial charge in [0.25, 0.3) is 5.91 Å². The van der Waals surface area contributed by atoms with Crippen molar-refractivity contribution in [2.24, 2.45) is 0 Å². The molecule has 0 atom stereocenters. The van der Waals surface area contributed by atoms with Gasteiger partial charge in [0, 0.05) is 0 Å². The van der Waals surface area contributed by atoms with Crippen LogP contribution in [0.5, 0.6) is 0 Å². The van der Waals surface area contributed by atoms with Crippen molar-refractivity contribution in [1.82, 2.24) is 0 Å². The first-order valence-electron chi connectivity index (χ1n) is 5.86. The summed E-state index contributed by atoms with van der Waals surface area (Å²) in [4.78, 5) is 23.9. The molecule has 20 heavy (non-hydrogen) atoms. The van der Waals surface area contributed by atoms with Gasteiger partial charge in [-0.05, 0) is 24.3 Å². The summed E-state index contributed by atoms with van der Waals surface area (Å²) >= 11 is 5.98. The Morgan fingerprint density at radius 3 is 2.25 bits per heavy atom. The highest BCUT2D eigenvalue weighted by Crippen LogP contribution is 2.22. The van der Waals surface area contributed by atoms with E-state index in [1.807, 2.05) is 0 Å². The van der Waals surface area contributed by atoms with E-state index in [9.17, 15) is 9.59 Å². The SMILES string of the molecule is COC(=O)c1ccccc1C(=O)Nc1ccccc1Cl. The van der Waals surface area contributed by atoms with Crippen LogP contribution in [0, 0.1) is 0 Å². The van der Waals surface area contributed by atoms with Gasteiger partial charge in [0.15, 0.2) is 0 Å². The molecule has 2 rings (SSSR count). The summed E-state index contributed by atoms with van der Waals surface area (Å²) in [7, 11) is 1.27. The molecule has 0 spiro atoms. The number of carbonyl (C=O) groups excluding carboxylic acids is 2. The molecule has 0 aromatic heterocycles. The molecule has 0 bridgehead atoms. The molecule has 0 heterocycles. The second kappa shape index (κ2) is 6.21. The van der Waals surface area contributed by atoms with Gasteiger partial charge in [-0.3, -0.25) is 4.79 Å². The number of methoxy groups -OCH3 is 1. The van der Waals surface area contributed by atoms with Crippen molar-refractivity contribution in [3.63, 3.8) is 0 Å². The number of esters is 1. The average Bonchev–Trinajstić information content (AvgIpc) is 2.48. The van der Waals surface area contributed by atoms with E-state index in [4.69, 9.17) is 11.6 Å². The van der Waals surface area contributed by atoms with Crippen molar-refractivity contribution in [3.05, 3.63) is 64.7 Å². The Labute approximate surface area is 121 Å². The largest absolute Gasteiger partial charge is 0.465 e. The third-order valence-electron chi connectivity index (χ3n) is 2.70. The third kappa shape index (κ3) is 2.97. The van der Waals surface area contributed by atoms with Gasteiger partial charge >= 0.3 is 5.97 Å². The Balaban J connectivity index is 2.31. The lowest BCUT2D eigenvalue weighted by Gasteiger charge is -2.09. The summed E-state index contributed by atoms with van der Waals surface area (Å²) in [5, 5.41) is 3.09. The highest BCUT2D eigenvalue weighted by molar-refractivity contribution is 6.34. The number of carbonyl (C=O) groups is 2. The highest BCUT2D eigenvalue weighted by Gasteiger charge is 2.17. The first-order chi connectivity index (χ1) is 9.63. The van der Waals surface area contributed by atoms with Crippen LogP contribution in [0.25, 0.3) is 0 Å². The second-order valence-corrected chi connectivity index (χ2v) is 4.38. The van der Waals surface area contributed by atoms with Crippen molar-refractivity contribution in [3.8, 4) is 0 Å². The molecular weight excluding hydrogens is 278 g/mol. The fourth-order valence-corrected chi connectivity index (χ4v) is 1.90. The first-order valence-corrected chi connectivity index (χ1v) is 6.24. The predicted octanol–water partition coefficient (Wildman–Crippen LogP) is 3.38. The molecule has 0 radical (unpaired) electrons. The quantitative estimate of drug-likeness (QED) is 0.881.